The van der Waals surface area contributed by atoms with E-state index in [0.717, 1.165) is 0 Å². The zero-order chi connectivity index (χ0) is 6.78. The topological polar surface area (TPSA) is 26.3 Å². The molecule has 0 bridgehead atoms. The summed E-state index contributed by atoms with van der Waals surface area (Å²) in [6.07, 6.45) is 0. The molecule has 0 aromatic carbocycles. The van der Waals surface area contributed by atoms with Gasteiger partial charge in [0.2, 0.25) is 0 Å². The van der Waals surface area contributed by atoms with Crippen molar-refractivity contribution >= 4 is 17.6 Å². The quantitative estimate of drug-likeness (QED) is 0.396. The van der Waals surface area contributed by atoms with E-state index in [-0.39, 0.29) is 0 Å². The lowest BCUT2D eigenvalue weighted by Gasteiger charge is -2.10. The molecule has 0 aromatic rings. The first-order valence-electron chi connectivity index (χ1n) is 2.11. The maximum atomic E-state index is 10.4. The van der Waals surface area contributed by atoms with E-state index in [1.807, 2.05) is 0 Å². The van der Waals surface area contributed by atoms with Crippen molar-refractivity contribution in [2.45, 2.75) is 11.8 Å². The van der Waals surface area contributed by atoms with E-state index in [9.17, 15) is 4.79 Å². The van der Waals surface area contributed by atoms with Gasteiger partial charge in [0.15, 0.2) is 0 Å². The zero-order valence-corrected chi connectivity index (χ0v) is 5.66. The molecule has 47 valence electrons. The van der Waals surface area contributed by atoms with E-state index < -0.39 is 10.8 Å². The standard InChI is InChI=1S/C5H8ClO2/c1-5(2,6)4(7)8-3/h1H2,2-3H3. The van der Waals surface area contributed by atoms with Crippen molar-refractivity contribution in [2.24, 2.45) is 0 Å². The average molecular weight is 136 g/mol. The first-order chi connectivity index (χ1) is 3.48. The number of carbonyl (C=O) groups excluding carboxylic acids is 1. The number of carbonyl (C=O) groups is 1. The molecule has 0 saturated carbocycles. The summed E-state index contributed by atoms with van der Waals surface area (Å²) in [6, 6.07) is 0. The van der Waals surface area contributed by atoms with Crippen LogP contribution in [0.5, 0.6) is 0 Å². The molecule has 1 radical (unpaired) electrons. The fourth-order valence-electron chi connectivity index (χ4n) is 0.213. The summed E-state index contributed by atoms with van der Waals surface area (Å²) in [4.78, 5) is 9.29. The Bertz CT molecular complexity index is 93.1. The summed E-state index contributed by atoms with van der Waals surface area (Å²) in [7, 11) is 1.27. The van der Waals surface area contributed by atoms with Gasteiger partial charge < -0.3 is 4.74 Å². The Balaban J connectivity index is 3.82. The average Bonchev–Trinajstić information content (AvgIpc) is 1.62. The molecule has 8 heavy (non-hydrogen) atoms. The van der Waals surface area contributed by atoms with E-state index in [1.165, 1.54) is 14.0 Å². The third kappa shape index (κ3) is 2.17. The van der Waals surface area contributed by atoms with Gasteiger partial charge in [-0.25, -0.2) is 0 Å². The van der Waals surface area contributed by atoms with Crippen LogP contribution in [0.4, 0.5) is 0 Å². The molecule has 2 nitrogen and oxygen atoms in total. The molecule has 0 amide bonds. The van der Waals surface area contributed by atoms with Gasteiger partial charge in [0.25, 0.3) is 0 Å². The molecule has 0 aliphatic rings. The molecular weight excluding hydrogens is 128 g/mol. The highest BCUT2D eigenvalue weighted by Crippen LogP contribution is 2.12. The second kappa shape index (κ2) is 2.35. The van der Waals surface area contributed by atoms with Crippen LogP contribution in [0.15, 0.2) is 0 Å². The number of halogens is 1. The van der Waals surface area contributed by atoms with E-state index in [1.54, 1.807) is 0 Å². The summed E-state index contributed by atoms with van der Waals surface area (Å²) in [5.74, 6) is -0.515. The predicted molar refractivity (Wildman–Crippen MR) is 31.6 cm³/mol. The second-order valence-electron chi connectivity index (χ2n) is 1.69. The van der Waals surface area contributed by atoms with Crippen LogP contribution in [0.3, 0.4) is 0 Å². The van der Waals surface area contributed by atoms with Gasteiger partial charge in [-0.1, -0.05) is 0 Å². The summed E-state index contributed by atoms with van der Waals surface area (Å²) < 4.78 is 4.28. The Labute approximate surface area is 53.8 Å². The van der Waals surface area contributed by atoms with Gasteiger partial charge in [-0.05, 0) is 13.8 Å². The minimum absolute atomic E-state index is 0.515. The Morgan fingerprint density at radius 3 is 2.25 bits per heavy atom. The minimum Gasteiger partial charge on any atom is -0.468 e. The maximum absolute atomic E-state index is 10.4. The molecule has 0 fully saturated rings. The van der Waals surface area contributed by atoms with E-state index in [4.69, 9.17) is 11.6 Å². The first-order valence-corrected chi connectivity index (χ1v) is 2.49. The van der Waals surface area contributed by atoms with Crippen LogP contribution in [0, 0.1) is 6.92 Å². The fourth-order valence-corrected chi connectivity index (χ4v) is 0.290. The zero-order valence-electron chi connectivity index (χ0n) is 4.90. The molecule has 0 aliphatic carbocycles. The van der Waals surface area contributed by atoms with Gasteiger partial charge in [-0.2, -0.15) is 0 Å². The molecule has 0 aliphatic heterocycles. The van der Waals surface area contributed by atoms with E-state index in [2.05, 4.69) is 11.7 Å². The molecule has 0 rings (SSSR count). The van der Waals surface area contributed by atoms with Crippen molar-refractivity contribution in [1.29, 1.82) is 0 Å². The summed E-state index contributed by atoms with van der Waals surface area (Å²) in [5.41, 5.74) is 0. The normalized spacial score (nSPS) is 11.0. The van der Waals surface area contributed by atoms with Gasteiger partial charge in [-0.15, -0.1) is 11.6 Å². The Hall–Kier alpha value is -0.240. The summed E-state index contributed by atoms with van der Waals surface area (Å²) >= 11 is 5.40. The molecule has 0 N–H and O–H groups in total. The van der Waals surface area contributed by atoms with Crippen LogP contribution >= 0.6 is 11.6 Å². The van der Waals surface area contributed by atoms with Crippen LogP contribution in [0.2, 0.25) is 0 Å². The molecular formula is C5H8ClO2. The van der Waals surface area contributed by atoms with Crippen LogP contribution in [-0.4, -0.2) is 18.0 Å². The molecule has 0 aromatic heterocycles. The molecule has 1 unspecified atom stereocenters. The van der Waals surface area contributed by atoms with Gasteiger partial charge in [-0.3, -0.25) is 4.79 Å². The molecule has 3 heteroatoms. The largest absolute Gasteiger partial charge is 0.468 e. The van der Waals surface area contributed by atoms with Crippen molar-refractivity contribution in [1.82, 2.24) is 0 Å². The lowest BCUT2D eigenvalue weighted by atomic mass is 10.2. The predicted octanol–water partition coefficient (Wildman–Crippen LogP) is 0.991. The Morgan fingerprint density at radius 1 is 1.88 bits per heavy atom. The highest BCUT2D eigenvalue weighted by atomic mass is 35.5. The maximum Gasteiger partial charge on any atom is 0.326 e. The van der Waals surface area contributed by atoms with Crippen molar-refractivity contribution in [3.05, 3.63) is 6.92 Å². The van der Waals surface area contributed by atoms with Crippen LogP contribution < -0.4 is 0 Å². The van der Waals surface area contributed by atoms with Crippen LogP contribution in [0.25, 0.3) is 0 Å². The lowest BCUT2D eigenvalue weighted by molar-refractivity contribution is -0.142. The minimum atomic E-state index is -1.13. The summed E-state index contributed by atoms with van der Waals surface area (Å²) in [5, 5.41) is 0. The second-order valence-corrected chi connectivity index (χ2v) is 2.52. The van der Waals surface area contributed by atoms with Crippen molar-refractivity contribution in [3.63, 3.8) is 0 Å². The van der Waals surface area contributed by atoms with Gasteiger partial charge in [0, 0.05) is 0 Å². The van der Waals surface area contributed by atoms with E-state index >= 15 is 0 Å². The number of alkyl halides is 1. The molecule has 1 atom stereocenters. The molecule has 0 spiro atoms. The number of esters is 1. The third-order valence-electron chi connectivity index (χ3n) is 0.611. The van der Waals surface area contributed by atoms with Gasteiger partial charge in [0.05, 0.1) is 7.11 Å². The monoisotopic (exact) mass is 135 g/mol. The number of methoxy groups -OCH3 is 1. The molecule has 0 heterocycles. The molecule has 0 saturated heterocycles. The van der Waals surface area contributed by atoms with Crippen LogP contribution in [-0.2, 0) is 9.53 Å². The number of ether oxygens (including phenoxy) is 1. The Morgan fingerprint density at radius 2 is 2.25 bits per heavy atom. The lowest BCUT2D eigenvalue weighted by Crippen LogP contribution is -2.26. The van der Waals surface area contributed by atoms with Crippen LogP contribution in [0.1, 0.15) is 6.92 Å². The number of hydrogen-bond donors (Lipinski definition) is 0. The van der Waals surface area contributed by atoms with Gasteiger partial charge in [0.1, 0.15) is 4.87 Å². The Kier molecular flexibility index (Phi) is 2.28. The third-order valence-corrected chi connectivity index (χ3v) is 0.765. The first kappa shape index (κ1) is 7.76. The van der Waals surface area contributed by atoms with Crippen molar-refractivity contribution in [2.75, 3.05) is 7.11 Å². The van der Waals surface area contributed by atoms with Crippen molar-refractivity contribution < 1.29 is 9.53 Å². The van der Waals surface area contributed by atoms with Gasteiger partial charge >= 0.3 is 5.97 Å². The number of rotatable bonds is 1. The smallest absolute Gasteiger partial charge is 0.326 e. The van der Waals surface area contributed by atoms with Crippen molar-refractivity contribution in [3.8, 4) is 0 Å². The summed E-state index contributed by atoms with van der Waals surface area (Å²) in [6.45, 7) is 4.80. The highest BCUT2D eigenvalue weighted by Gasteiger charge is 2.24. The fraction of sp³-hybridized carbons (Fsp3) is 0.600. The van der Waals surface area contributed by atoms with E-state index in [0.29, 0.717) is 0 Å². The SMILES string of the molecule is [CH2]C(C)(Cl)C(=O)OC. The number of hydrogen-bond acceptors (Lipinski definition) is 2. The highest BCUT2D eigenvalue weighted by molar-refractivity contribution is 6.34.